The molecule has 5 rings (SSSR count). The molecule has 2 atom stereocenters. The van der Waals surface area contributed by atoms with E-state index in [-0.39, 0.29) is 0 Å². The van der Waals surface area contributed by atoms with Gasteiger partial charge in [-0.25, -0.2) is 0 Å². The molecule has 3 fully saturated rings. The smallest absolute Gasteiger partial charge is 0.301 e. The summed E-state index contributed by atoms with van der Waals surface area (Å²) in [4.78, 5) is 0. The highest BCUT2D eigenvalue weighted by atomic mass is 32.2. The molecule has 1 aliphatic heterocycles. The molecule has 33 heavy (non-hydrogen) atoms. The van der Waals surface area contributed by atoms with Gasteiger partial charge in [-0.1, -0.05) is 36.4 Å². The Balaban J connectivity index is 1.20. The van der Waals surface area contributed by atoms with E-state index in [0.29, 0.717) is 55.9 Å². The Hall–Kier alpha value is -1.97. The van der Waals surface area contributed by atoms with E-state index in [4.69, 9.17) is 5.73 Å². The minimum atomic E-state index is -3.54. The van der Waals surface area contributed by atoms with Gasteiger partial charge in [-0.3, -0.25) is 4.72 Å². The van der Waals surface area contributed by atoms with Crippen LogP contribution < -0.4 is 21.1 Å². The molecule has 7 nitrogen and oxygen atoms in total. The largest absolute Gasteiger partial charge is 0.328 e. The van der Waals surface area contributed by atoms with Crippen LogP contribution in [0.15, 0.2) is 48.5 Å². The second-order valence-corrected chi connectivity index (χ2v) is 11.4. The number of piperazine rings is 1. The minimum absolute atomic E-state index is 0.390. The Labute approximate surface area is 197 Å². The molecule has 2 aromatic carbocycles. The Morgan fingerprint density at radius 1 is 0.939 bits per heavy atom. The van der Waals surface area contributed by atoms with E-state index in [1.165, 1.54) is 29.1 Å². The predicted octanol–water partition coefficient (Wildman–Crippen LogP) is 2.63. The lowest BCUT2D eigenvalue weighted by molar-refractivity contribution is 0.339. The van der Waals surface area contributed by atoms with Crippen molar-refractivity contribution in [1.82, 2.24) is 14.9 Å². The maximum absolute atomic E-state index is 12.7. The van der Waals surface area contributed by atoms with Crippen LogP contribution >= 0.6 is 0 Å². The summed E-state index contributed by atoms with van der Waals surface area (Å²) in [6, 6.07) is 17.9. The number of rotatable bonds is 7. The quantitative estimate of drug-likeness (QED) is 0.500. The van der Waals surface area contributed by atoms with Crippen molar-refractivity contribution in [3.63, 3.8) is 0 Å². The predicted molar refractivity (Wildman–Crippen MR) is 133 cm³/mol. The van der Waals surface area contributed by atoms with Gasteiger partial charge in [-0.2, -0.15) is 12.7 Å². The molecule has 2 aromatic rings. The Morgan fingerprint density at radius 3 is 2.39 bits per heavy atom. The van der Waals surface area contributed by atoms with Crippen molar-refractivity contribution in [3.8, 4) is 11.1 Å². The number of nitrogens with two attached hydrogens (primary N) is 1. The highest BCUT2D eigenvalue weighted by Gasteiger charge is 2.39. The second kappa shape index (κ2) is 9.72. The van der Waals surface area contributed by atoms with Crippen LogP contribution in [-0.2, 0) is 10.2 Å². The van der Waals surface area contributed by atoms with Crippen molar-refractivity contribution >= 4 is 15.9 Å². The number of benzene rings is 2. The van der Waals surface area contributed by atoms with E-state index in [2.05, 4.69) is 39.6 Å². The highest BCUT2D eigenvalue weighted by Crippen LogP contribution is 2.42. The van der Waals surface area contributed by atoms with Crippen LogP contribution in [0.4, 0.5) is 5.69 Å². The van der Waals surface area contributed by atoms with Crippen LogP contribution in [-0.4, -0.2) is 57.0 Å². The van der Waals surface area contributed by atoms with E-state index < -0.39 is 10.2 Å². The highest BCUT2D eigenvalue weighted by molar-refractivity contribution is 7.90. The molecule has 3 aliphatic rings. The second-order valence-electron chi connectivity index (χ2n) is 9.69. The van der Waals surface area contributed by atoms with Gasteiger partial charge < -0.3 is 16.4 Å². The van der Waals surface area contributed by atoms with Crippen molar-refractivity contribution in [2.75, 3.05) is 30.9 Å². The standard InChI is InChI=1S/C25H35N5O2S/c26-21-8-10-22(11-9-21)28-25-17-24(25)19-6-4-18(5-7-19)20-2-1-3-23(16-20)29-33(31,32)30-14-12-27-13-15-30/h1-7,16,21-22,24-25,27-29H,8-15,17,26H2/t21?,22?,24-,25+/m1/s1. The van der Waals surface area contributed by atoms with Gasteiger partial charge >= 0.3 is 10.2 Å². The zero-order valence-electron chi connectivity index (χ0n) is 19.0. The fraction of sp³-hybridized carbons (Fsp3) is 0.520. The van der Waals surface area contributed by atoms with Crippen LogP contribution in [0.3, 0.4) is 0 Å². The molecule has 1 saturated heterocycles. The Bertz CT molecular complexity index is 1040. The topological polar surface area (TPSA) is 99.5 Å². The first kappa shape index (κ1) is 22.8. The summed E-state index contributed by atoms with van der Waals surface area (Å²) in [7, 11) is -3.54. The maximum atomic E-state index is 12.7. The number of anilines is 1. The molecule has 0 unspecified atom stereocenters. The molecule has 0 bridgehead atoms. The molecule has 178 valence electrons. The molecule has 2 saturated carbocycles. The monoisotopic (exact) mass is 469 g/mol. The molecule has 1 heterocycles. The van der Waals surface area contributed by atoms with Gasteiger partial charge in [0.15, 0.2) is 0 Å². The van der Waals surface area contributed by atoms with Crippen LogP contribution in [0, 0.1) is 0 Å². The van der Waals surface area contributed by atoms with Gasteiger partial charge in [0, 0.05) is 50.2 Å². The Morgan fingerprint density at radius 2 is 1.67 bits per heavy atom. The summed E-state index contributed by atoms with van der Waals surface area (Å²) in [5.41, 5.74) is 10.1. The Kier molecular flexibility index (Phi) is 6.72. The van der Waals surface area contributed by atoms with Crippen molar-refractivity contribution in [2.45, 2.75) is 56.1 Å². The van der Waals surface area contributed by atoms with E-state index in [0.717, 1.165) is 24.0 Å². The van der Waals surface area contributed by atoms with E-state index >= 15 is 0 Å². The zero-order chi connectivity index (χ0) is 22.8. The fourth-order valence-electron chi connectivity index (χ4n) is 5.12. The average Bonchev–Trinajstić information content (AvgIpc) is 3.60. The first-order chi connectivity index (χ1) is 16.0. The lowest BCUT2D eigenvalue weighted by Crippen LogP contribution is -2.48. The van der Waals surface area contributed by atoms with Gasteiger partial charge in [-0.15, -0.1) is 0 Å². The summed E-state index contributed by atoms with van der Waals surface area (Å²) in [6.45, 7) is 2.34. The maximum Gasteiger partial charge on any atom is 0.301 e. The average molecular weight is 470 g/mol. The molecule has 0 spiro atoms. The van der Waals surface area contributed by atoms with E-state index in [1.807, 2.05) is 18.2 Å². The van der Waals surface area contributed by atoms with E-state index in [1.54, 1.807) is 6.07 Å². The lowest BCUT2D eigenvalue weighted by Gasteiger charge is -2.27. The molecule has 0 amide bonds. The van der Waals surface area contributed by atoms with Gasteiger partial charge in [0.05, 0.1) is 5.69 Å². The summed E-state index contributed by atoms with van der Waals surface area (Å²) in [5, 5.41) is 7.02. The fourth-order valence-corrected chi connectivity index (χ4v) is 6.34. The van der Waals surface area contributed by atoms with Crippen molar-refractivity contribution in [2.24, 2.45) is 5.73 Å². The molecular weight excluding hydrogens is 434 g/mol. The zero-order valence-corrected chi connectivity index (χ0v) is 19.9. The van der Waals surface area contributed by atoms with Gasteiger partial charge in [0.2, 0.25) is 0 Å². The van der Waals surface area contributed by atoms with Gasteiger partial charge in [-0.05, 0) is 60.9 Å². The summed E-state index contributed by atoms with van der Waals surface area (Å²) >= 11 is 0. The third kappa shape index (κ3) is 5.58. The van der Waals surface area contributed by atoms with Gasteiger partial charge in [0.1, 0.15) is 0 Å². The molecular formula is C25H35N5O2S. The first-order valence-corrected chi connectivity index (χ1v) is 13.6. The number of hydrogen-bond donors (Lipinski definition) is 4. The van der Waals surface area contributed by atoms with Crippen molar-refractivity contribution < 1.29 is 8.42 Å². The number of nitrogens with zero attached hydrogens (tertiary/aromatic N) is 1. The van der Waals surface area contributed by atoms with Crippen molar-refractivity contribution in [1.29, 1.82) is 0 Å². The molecule has 2 aliphatic carbocycles. The normalized spacial score (nSPS) is 28.4. The van der Waals surface area contributed by atoms with Crippen LogP contribution in [0.25, 0.3) is 11.1 Å². The van der Waals surface area contributed by atoms with Crippen molar-refractivity contribution in [3.05, 3.63) is 54.1 Å². The van der Waals surface area contributed by atoms with Crippen LogP contribution in [0.5, 0.6) is 0 Å². The molecule has 0 radical (unpaired) electrons. The van der Waals surface area contributed by atoms with E-state index in [9.17, 15) is 8.42 Å². The molecule has 5 N–H and O–H groups in total. The summed E-state index contributed by atoms with van der Waals surface area (Å²) < 4.78 is 29.6. The summed E-state index contributed by atoms with van der Waals surface area (Å²) in [5.74, 6) is 0.590. The lowest BCUT2D eigenvalue weighted by atomic mass is 9.92. The first-order valence-electron chi connectivity index (χ1n) is 12.2. The minimum Gasteiger partial charge on any atom is -0.328 e. The van der Waals surface area contributed by atoms with Gasteiger partial charge in [0.25, 0.3) is 0 Å². The number of hydrogen-bond acceptors (Lipinski definition) is 5. The van der Waals surface area contributed by atoms with Crippen LogP contribution in [0.2, 0.25) is 0 Å². The third-order valence-corrected chi connectivity index (χ3v) is 8.75. The molecule has 8 heteroatoms. The molecule has 0 aromatic heterocycles. The van der Waals surface area contributed by atoms with Crippen LogP contribution in [0.1, 0.15) is 43.6 Å². The SMILES string of the molecule is NC1CCC(N[C@H]2C[C@@H]2c2ccc(-c3cccc(NS(=O)(=O)N4CCNCC4)c3)cc2)CC1. The number of nitrogens with one attached hydrogen (secondary N) is 3. The summed E-state index contributed by atoms with van der Waals surface area (Å²) in [6.07, 6.45) is 5.85. The third-order valence-electron chi connectivity index (χ3n) is 7.21.